The van der Waals surface area contributed by atoms with Gasteiger partial charge in [-0.2, -0.15) is 0 Å². The van der Waals surface area contributed by atoms with Crippen LogP contribution in [-0.4, -0.2) is 21.4 Å². The lowest BCUT2D eigenvalue weighted by Crippen LogP contribution is -2.29. The Balaban J connectivity index is 2.00. The molecule has 0 aromatic carbocycles. The molecule has 2 heteroatoms. The maximum atomic E-state index is 10.3. The molecule has 0 aromatic heterocycles. The number of hydrogen-bond donors (Lipinski definition) is 2. The summed E-state index contributed by atoms with van der Waals surface area (Å²) >= 11 is 0. The number of aliphatic hydroxyl groups is 2. The second kappa shape index (κ2) is 4.01. The molecule has 2 aliphatic carbocycles. The number of rotatable bonds is 4. The van der Waals surface area contributed by atoms with E-state index in [0.29, 0.717) is 24.7 Å². The van der Waals surface area contributed by atoms with Crippen molar-refractivity contribution in [3.05, 3.63) is 25.3 Å². The van der Waals surface area contributed by atoms with E-state index in [2.05, 4.69) is 13.2 Å². The molecule has 2 saturated carbocycles. The summed E-state index contributed by atoms with van der Waals surface area (Å²) in [6.45, 7) is 7.40. The molecule has 2 N–H and O–H groups in total. The minimum atomic E-state index is -0.549. The molecule has 0 aromatic rings. The van der Waals surface area contributed by atoms with E-state index in [9.17, 15) is 10.2 Å². The first kappa shape index (κ1) is 11.9. The fourth-order valence-electron chi connectivity index (χ4n) is 3.80. The summed E-state index contributed by atoms with van der Waals surface area (Å²) < 4.78 is 0. The van der Waals surface area contributed by atoms with E-state index in [-0.39, 0.29) is 0 Å². The lowest BCUT2D eigenvalue weighted by molar-refractivity contribution is 0.00854. The van der Waals surface area contributed by atoms with Gasteiger partial charge in [0.25, 0.3) is 0 Å². The summed E-state index contributed by atoms with van der Waals surface area (Å²) in [5.41, 5.74) is -1.10. The average molecular weight is 222 g/mol. The Labute approximate surface area is 97.7 Å². The van der Waals surface area contributed by atoms with Crippen LogP contribution in [0.25, 0.3) is 0 Å². The molecule has 0 radical (unpaired) electrons. The first-order chi connectivity index (χ1) is 7.50. The minimum absolute atomic E-state index is 0.481. The second-order valence-electron chi connectivity index (χ2n) is 5.77. The molecule has 2 fully saturated rings. The van der Waals surface area contributed by atoms with Gasteiger partial charge in [0.05, 0.1) is 11.2 Å². The van der Waals surface area contributed by atoms with E-state index in [1.165, 1.54) is 0 Å². The average Bonchev–Trinajstić information content (AvgIpc) is 2.55. The van der Waals surface area contributed by atoms with Gasteiger partial charge in [0, 0.05) is 0 Å². The van der Waals surface area contributed by atoms with Crippen molar-refractivity contribution < 1.29 is 10.2 Å². The van der Waals surface area contributed by atoms with Crippen LogP contribution in [0.15, 0.2) is 25.3 Å². The van der Waals surface area contributed by atoms with Crippen molar-refractivity contribution in [2.24, 2.45) is 11.8 Å². The van der Waals surface area contributed by atoms with Crippen molar-refractivity contribution in [2.75, 3.05) is 0 Å². The molecule has 0 saturated heterocycles. The van der Waals surface area contributed by atoms with Crippen LogP contribution in [-0.2, 0) is 0 Å². The van der Waals surface area contributed by atoms with Gasteiger partial charge in [-0.1, -0.05) is 12.2 Å². The Morgan fingerprint density at radius 2 is 1.19 bits per heavy atom. The minimum Gasteiger partial charge on any atom is -0.390 e. The quantitative estimate of drug-likeness (QED) is 0.717. The van der Waals surface area contributed by atoms with Gasteiger partial charge in [-0.25, -0.2) is 0 Å². The van der Waals surface area contributed by atoms with Crippen molar-refractivity contribution in [2.45, 2.75) is 49.7 Å². The van der Waals surface area contributed by atoms with Gasteiger partial charge in [-0.05, 0) is 50.4 Å². The maximum absolute atomic E-state index is 10.3. The van der Waals surface area contributed by atoms with Gasteiger partial charge >= 0.3 is 0 Å². The maximum Gasteiger partial charge on any atom is 0.0687 e. The molecule has 90 valence electrons. The van der Waals surface area contributed by atoms with Crippen LogP contribution >= 0.6 is 0 Å². The summed E-state index contributed by atoms with van der Waals surface area (Å²) in [6, 6.07) is 0. The van der Waals surface area contributed by atoms with E-state index < -0.39 is 11.2 Å². The normalized spacial score (nSPS) is 46.6. The first-order valence-corrected chi connectivity index (χ1v) is 6.17. The van der Waals surface area contributed by atoms with Crippen molar-refractivity contribution in [3.8, 4) is 0 Å². The van der Waals surface area contributed by atoms with E-state index in [1.807, 2.05) is 0 Å². The van der Waals surface area contributed by atoms with Gasteiger partial charge in [0.2, 0.25) is 0 Å². The lowest BCUT2D eigenvalue weighted by Gasteiger charge is -2.26. The standard InChI is InChI=1S/C14H22O2/c1-3-5-13(15)7-11-9-14(16,6-4-2)10-12(11)8-13/h3-4,11-12,15-16H,1-2,5-10H2. The Hall–Kier alpha value is -0.600. The number of hydrogen-bond acceptors (Lipinski definition) is 2. The summed E-state index contributed by atoms with van der Waals surface area (Å²) in [6.07, 6.45) is 8.26. The van der Waals surface area contributed by atoms with Crippen molar-refractivity contribution >= 4 is 0 Å². The highest BCUT2D eigenvalue weighted by Gasteiger charge is 2.52. The Bertz CT molecular complexity index is 253. The lowest BCUT2D eigenvalue weighted by atomic mass is 9.88. The van der Waals surface area contributed by atoms with Gasteiger partial charge in [0.15, 0.2) is 0 Å². The van der Waals surface area contributed by atoms with E-state index >= 15 is 0 Å². The SMILES string of the molecule is C=CCC1(O)CC2CC(O)(CC=C)CC2C1. The molecular formula is C14H22O2. The van der Waals surface area contributed by atoms with Crippen LogP contribution in [0.2, 0.25) is 0 Å². The second-order valence-corrected chi connectivity index (χ2v) is 5.77. The first-order valence-electron chi connectivity index (χ1n) is 6.17. The Kier molecular flexibility index (Phi) is 2.97. The van der Waals surface area contributed by atoms with E-state index in [0.717, 1.165) is 25.7 Å². The molecule has 0 amide bonds. The van der Waals surface area contributed by atoms with Crippen LogP contribution in [0.1, 0.15) is 38.5 Å². The zero-order valence-electron chi connectivity index (χ0n) is 9.86. The molecule has 0 spiro atoms. The van der Waals surface area contributed by atoms with Crippen molar-refractivity contribution in [1.29, 1.82) is 0 Å². The highest BCUT2D eigenvalue weighted by Crippen LogP contribution is 2.54. The molecule has 2 rings (SSSR count). The predicted octanol–water partition coefficient (Wildman–Crippen LogP) is 2.42. The van der Waals surface area contributed by atoms with Gasteiger partial charge in [-0.3, -0.25) is 0 Å². The fourth-order valence-corrected chi connectivity index (χ4v) is 3.80. The fraction of sp³-hybridized carbons (Fsp3) is 0.714. The van der Waals surface area contributed by atoms with Crippen LogP contribution < -0.4 is 0 Å². The predicted molar refractivity (Wildman–Crippen MR) is 65.0 cm³/mol. The highest BCUT2D eigenvalue weighted by atomic mass is 16.3. The molecule has 0 atom stereocenters. The molecule has 0 unspecified atom stereocenters. The molecular weight excluding hydrogens is 200 g/mol. The Morgan fingerprint density at radius 3 is 1.44 bits per heavy atom. The smallest absolute Gasteiger partial charge is 0.0687 e. The third kappa shape index (κ3) is 2.09. The zero-order chi connectivity index (χ0) is 11.8. The van der Waals surface area contributed by atoms with Crippen molar-refractivity contribution in [3.63, 3.8) is 0 Å². The van der Waals surface area contributed by atoms with Crippen molar-refractivity contribution in [1.82, 2.24) is 0 Å². The molecule has 2 nitrogen and oxygen atoms in total. The Morgan fingerprint density at radius 1 is 0.875 bits per heavy atom. The summed E-state index contributed by atoms with van der Waals surface area (Å²) in [5, 5.41) is 20.6. The van der Waals surface area contributed by atoms with E-state index in [4.69, 9.17) is 0 Å². The van der Waals surface area contributed by atoms with Gasteiger partial charge in [-0.15, -0.1) is 13.2 Å². The molecule has 0 bridgehead atoms. The molecule has 16 heavy (non-hydrogen) atoms. The third-order valence-electron chi connectivity index (χ3n) is 4.28. The third-order valence-corrected chi connectivity index (χ3v) is 4.28. The van der Waals surface area contributed by atoms with E-state index in [1.54, 1.807) is 12.2 Å². The van der Waals surface area contributed by atoms with Crippen LogP contribution in [0.5, 0.6) is 0 Å². The highest BCUT2D eigenvalue weighted by molar-refractivity contribution is 5.07. The summed E-state index contributed by atoms with van der Waals surface area (Å²) in [5.74, 6) is 0.963. The molecule has 0 heterocycles. The topological polar surface area (TPSA) is 40.5 Å². The largest absolute Gasteiger partial charge is 0.390 e. The summed E-state index contributed by atoms with van der Waals surface area (Å²) in [4.78, 5) is 0. The van der Waals surface area contributed by atoms with Crippen LogP contribution in [0.4, 0.5) is 0 Å². The molecule has 0 aliphatic heterocycles. The molecule has 2 aliphatic rings. The summed E-state index contributed by atoms with van der Waals surface area (Å²) in [7, 11) is 0. The van der Waals surface area contributed by atoms with Gasteiger partial charge in [0.1, 0.15) is 0 Å². The van der Waals surface area contributed by atoms with Crippen LogP contribution in [0, 0.1) is 11.8 Å². The van der Waals surface area contributed by atoms with Gasteiger partial charge < -0.3 is 10.2 Å². The number of fused-ring (bicyclic) bond motifs is 1. The van der Waals surface area contributed by atoms with Crippen LogP contribution in [0.3, 0.4) is 0 Å². The monoisotopic (exact) mass is 222 g/mol. The zero-order valence-corrected chi connectivity index (χ0v) is 9.86.